The molecule has 2 N–H and O–H groups in total. The Morgan fingerprint density at radius 1 is 1.43 bits per heavy atom. The number of amides is 1. The zero-order chi connectivity index (χ0) is 14.1. The minimum atomic E-state index is 0. The van der Waals surface area contributed by atoms with E-state index < -0.39 is 0 Å². The third-order valence-corrected chi connectivity index (χ3v) is 3.62. The lowest BCUT2D eigenvalue weighted by Gasteiger charge is -2.16. The number of rotatable bonds is 2. The molecule has 1 saturated heterocycles. The van der Waals surface area contributed by atoms with Crippen molar-refractivity contribution in [2.24, 2.45) is 5.73 Å². The molecule has 1 aliphatic rings. The molecular weight excluding hydrogens is 290 g/mol. The second-order valence-electron chi connectivity index (χ2n) is 5.14. The van der Waals surface area contributed by atoms with Gasteiger partial charge in [0, 0.05) is 24.7 Å². The zero-order valence-corrected chi connectivity index (χ0v) is 12.6. The number of aryl methyl sites for hydroxylation is 1. The first-order valence-electron chi connectivity index (χ1n) is 6.65. The van der Waals surface area contributed by atoms with Crippen LogP contribution in [0.1, 0.15) is 22.3 Å². The molecule has 21 heavy (non-hydrogen) atoms. The molecular formula is C14H18ClN5O. The summed E-state index contributed by atoms with van der Waals surface area (Å²) in [5.41, 5.74) is 8.46. The van der Waals surface area contributed by atoms with E-state index in [0.717, 1.165) is 24.2 Å². The normalized spacial score (nSPS) is 17.6. The molecule has 3 rings (SSSR count). The van der Waals surface area contributed by atoms with Crippen LogP contribution in [0, 0.1) is 6.92 Å². The highest BCUT2D eigenvalue weighted by atomic mass is 35.5. The lowest BCUT2D eigenvalue weighted by Crippen LogP contribution is -2.31. The molecule has 0 aliphatic carbocycles. The van der Waals surface area contributed by atoms with E-state index in [2.05, 4.69) is 10.1 Å². The van der Waals surface area contributed by atoms with Gasteiger partial charge in [0.05, 0.1) is 5.69 Å². The van der Waals surface area contributed by atoms with Crippen molar-refractivity contribution in [1.82, 2.24) is 19.7 Å². The minimum absolute atomic E-state index is 0. The second-order valence-corrected chi connectivity index (χ2v) is 5.14. The van der Waals surface area contributed by atoms with Gasteiger partial charge in [-0.1, -0.05) is 0 Å². The van der Waals surface area contributed by atoms with E-state index in [4.69, 9.17) is 5.73 Å². The number of hydrogen-bond acceptors (Lipinski definition) is 4. The van der Waals surface area contributed by atoms with Gasteiger partial charge in [-0.25, -0.2) is 9.67 Å². The molecule has 1 fully saturated rings. The molecule has 112 valence electrons. The maximum Gasteiger partial charge on any atom is 0.253 e. The smallest absolute Gasteiger partial charge is 0.253 e. The van der Waals surface area contributed by atoms with Gasteiger partial charge in [0.25, 0.3) is 5.91 Å². The van der Waals surface area contributed by atoms with Crippen LogP contribution in [0.5, 0.6) is 0 Å². The Labute approximate surface area is 129 Å². The molecule has 6 nitrogen and oxygen atoms in total. The summed E-state index contributed by atoms with van der Waals surface area (Å²) in [7, 11) is 0. The Morgan fingerprint density at radius 3 is 2.81 bits per heavy atom. The fraction of sp³-hybridized carbons (Fsp3) is 0.357. The van der Waals surface area contributed by atoms with Gasteiger partial charge in [-0.2, -0.15) is 5.10 Å². The van der Waals surface area contributed by atoms with E-state index >= 15 is 0 Å². The fourth-order valence-corrected chi connectivity index (χ4v) is 2.53. The van der Waals surface area contributed by atoms with Crippen molar-refractivity contribution in [2.45, 2.75) is 19.4 Å². The summed E-state index contributed by atoms with van der Waals surface area (Å²) in [5, 5.41) is 4.10. The number of benzene rings is 1. The summed E-state index contributed by atoms with van der Waals surface area (Å²) in [5.74, 6) is 0.0474. The number of hydrogen-bond donors (Lipinski definition) is 1. The maximum atomic E-state index is 12.4. The number of nitrogens with zero attached hydrogens (tertiary/aromatic N) is 4. The van der Waals surface area contributed by atoms with E-state index in [1.165, 1.54) is 6.33 Å². The highest BCUT2D eigenvalue weighted by molar-refractivity contribution is 5.95. The summed E-state index contributed by atoms with van der Waals surface area (Å²) in [6, 6.07) is 5.72. The van der Waals surface area contributed by atoms with Crippen molar-refractivity contribution < 1.29 is 4.79 Å². The van der Waals surface area contributed by atoms with Crippen LogP contribution in [-0.4, -0.2) is 44.7 Å². The monoisotopic (exact) mass is 307 g/mol. The van der Waals surface area contributed by atoms with Crippen molar-refractivity contribution in [3.8, 4) is 5.69 Å². The molecule has 1 aromatic heterocycles. The van der Waals surface area contributed by atoms with E-state index in [1.54, 1.807) is 11.0 Å². The van der Waals surface area contributed by atoms with Crippen LogP contribution in [0.4, 0.5) is 0 Å². The van der Waals surface area contributed by atoms with Crippen molar-refractivity contribution in [3.05, 3.63) is 42.0 Å². The first-order chi connectivity index (χ1) is 9.65. The van der Waals surface area contributed by atoms with Crippen LogP contribution in [-0.2, 0) is 0 Å². The van der Waals surface area contributed by atoms with E-state index in [0.29, 0.717) is 12.1 Å². The van der Waals surface area contributed by atoms with Gasteiger partial charge in [-0.15, -0.1) is 12.4 Å². The van der Waals surface area contributed by atoms with Gasteiger partial charge < -0.3 is 10.6 Å². The summed E-state index contributed by atoms with van der Waals surface area (Å²) >= 11 is 0. The standard InChI is InChI=1S/C14H17N5O.ClH/c1-10-6-11(14(20)18-5-4-12(15)7-18)2-3-13(10)19-9-16-8-17-19;/h2-3,6,8-9,12H,4-5,7,15H2,1H3;1H/t12-;/m1./s1. The highest BCUT2D eigenvalue weighted by Crippen LogP contribution is 2.18. The van der Waals surface area contributed by atoms with Crippen LogP contribution in [0.25, 0.3) is 5.69 Å². The molecule has 7 heteroatoms. The number of nitrogens with two attached hydrogens (primary N) is 1. The maximum absolute atomic E-state index is 12.4. The van der Waals surface area contributed by atoms with Gasteiger partial charge in [-0.3, -0.25) is 4.79 Å². The third-order valence-electron chi connectivity index (χ3n) is 3.62. The van der Waals surface area contributed by atoms with Gasteiger partial charge in [0.1, 0.15) is 12.7 Å². The first kappa shape index (κ1) is 15.5. The Morgan fingerprint density at radius 2 is 2.24 bits per heavy atom. The lowest BCUT2D eigenvalue weighted by atomic mass is 10.1. The number of carbonyl (C=O) groups excluding carboxylic acids is 1. The Balaban J connectivity index is 0.00000161. The molecule has 0 saturated carbocycles. The Bertz CT molecular complexity index is 628. The van der Waals surface area contributed by atoms with Crippen molar-refractivity contribution >= 4 is 18.3 Å². The molecule has 0 unspecified atom stereocenters. The molecule has 2 aromatic rings. The largest absolute Gasteiger partial charge is 0.337 e. The predicted octanol–water partition coefficient (Wildman–Crippen LogP) is 1.17. The lowest BCUT2D eigenvalue weighted by molar-refractivity contribution is 0.0791. The van der Waals surface area contributed by atoms with Crippen molar-refractivity contribution in [3.63, 3.8) is 0 Å². The number of aromatic nitrogens is 3. The molecule has 0 bridgehead atoms. The Hall–Kier alpha value is -1.92. The third kappa shape index (κ3) is 3.06. The van der Waals surface area contributed by atoms with E-state index in [9.17, 15) is 4.79 Å². The molecule has 0 spiro atoms. The molecule has 1 aliphatic heterocycles. The number of halogens is 1. The highest BCUT2D eigenvalue weighted by Gasteiger charge is 2.24. The van der Waals surface area contributed by atoms with Crippen LogP contribution >= 0.6 is 12.4 Å². The van der Waals surface area contributed by atoms with Crippen LogP contribution in [0.15, 0.2) is 30.9 Å². The summed E-state index contributed by atoms with van der Waals surface area (Å²) < 4.78 is 1.69. The van der Waals surface area contributed by atoms with Gasteiger partial charge in [-0.05, 0) is 37.1 Å². The molecule has 0 radical (unpaired) electrons. The average molecular weight is 308 g/mol. The first-order valence-corrected chi connectivity index (χ1v) is 6.65. The number of carbonyl (C=O) groups is 1. The van der Waals surface area contributed by atoms with Gasteiger partial charge in [0.2, 0.25) is 0 Å². The SMILES string of the molecule is Cc1cc(C(=O)N2CC[C@@H](N)C2)ccc1-n1cncn1.Cl. The predicted molar refractivity (Wildman–Crippen MR) is 81.8 cm³/mol. The summed E-state index contributed by atoms with van der Waals surface area (Å²) in [4.78, 5) is 18.1. The van der Waals surface area contributed by atoms with Crippen molar-refractivity contribution in [2.75, 3.05) is 13.1 Å². The quantitative estimate of drug-likeness (QED) is 0.903. The fourth-order valence-electron chi connectivity index (χ4n) is 2.53. The topological polar surface area (TPSA) is 77.0 Å². The average Bonchev–Trinajstić information content (AvgIpc) is 3.09. The summed E-state index contributed by atoms with van der Waals surface area (Å²) in [6.07, 6.45) is 4.01. The Kier molecular flexibility index (Phi) is 4.59. The van der Waals surface area contributed by atoms with Gasteiger partial charge >= 0.3 is 0 Å². The number of likely N-dealkylation sites (tertiary alicyclic amines) is 1. The van der Waals surface area contributed by atoms with E-state index in [1.807, 2.05) is 30.0 Å². The van der Waals surface area contributed by atoms with Crippen molar-refractivity contribution in [1.29, 1.82) is 0 Å². The van der Waals surface area contributed by atoms with Crippen LogP contribution < -0.4 is 5.73 Å². The molecule has 2 heterocycles. The summed E-state index contributed by atoms with van der Waals surface area (Å²) in [6.45, 7) is 3.34. The van der Waals surface area contributed by atoms with Crippen LogP contribution in [0.3, 0.4) is 0 Å². The minimum Gasteiger partial charge on any atom is -0.337 e. The van der Waals surface area contributed by atoms with Gasteiger partial charge in [0.15, 0.2) is 0 Å². The molecule has 1 atom stereocenters. The molecule has 1 amide bonds. The molecule has 1 aromatic carbocycles. The van der Waals surface area contributed by atoms with Crippen LogP contribution in [0.2, 0.25) is 0 Å². The second kappa shape index (κ2) is 6.24. The zero-order valence-electron chi connectivity index (χ0n) is 11.8. The van der Waals surface area contributed by atoms with E-state index in [-0.39, 0.29) is 24.4 Å².